The first-order valence-corrected chi connectivity index (χ1v) is 12.3. The number of benzene rings is 1. The molecule has 3 fully saturated rings. The smallest absolute Gasteiger partial charge is 0.242 e. The molecule has 3 saturated carbocycles. The molecule has 9 heteroatoms. The molecule has 0 saturated heterocycles. The number of aromatic nitrogens is 5. The molecule has 4 aliphatic rings. The van der Waals surface area contributed by atoms with Gasteiger partial charge >= 0.3 is 0 Å². The highest BCUT2D eigenvalue weighted by Gasteiger charge is 2.50. The fourth-order valence-corrected chi connectivity index (χ4v) is 6.33. The second-order valence-electron chi connectivity index (χ2n) is 10.4. The Balaban J connectivity index is 1.25. The summed E-state index contributed by atoms with van der Waals surface area (Å²) in [6.45, 7) is 2.71. The fraction of sp³-hybridized carbons (Fsp3) is 0.560. The average molecular weight is 471 g/mol. The Morgan fingerprint density at radius 1 is 1.00 bits per heavy atom. The summed E-state index contributed by atoms with van der Waals surface area (Å²) < 4.78 is 46.3. The van der Waals surface area contributed by atoms with Crippen LogP contribution in [0.25, 0.3) is 0 Å². The molecule has 1 N–H and O–H groups in total. The van der Waals surface area contributed by atoms with E-state index in [0.29, 0.717) is 24.7 Å². The Labute approximate surface area is 196 Å². The second kappa shape index (κ2) is 7.85. The van der Waals surface area contributed by atoms with Crippen LogP contribution in [0.15, 0.2) is 24.7 Å². The highest BCUT2D eigenvalue weighted by atomic mass is 19.2. The number of aryl methyl sites for hydroxylation is 2. The number of nitrogens with one attached hydrogen (secondary N) is 1. The van der Waals surface area contributed by atoms with E-state index in [1.165, 1.54) is 6.07 Å². The third kappa shape index (κ3) is 3.43. The lowest BCUT2D eigenvalue weighted by atomic mass is 9.61. The molecule has 3 aromatic rings. The second-order valence-corrected chi connectivity index (χ2v) is 10.4. The first-order valence-electron chi connectivity index (χ1n) is 12.3. The van der Waals surface area contributed by atoms with Crippen LogP contribution in [0.2, 0.25) is 0 Å². The van der Waals surface area contributed by atoms with Crippen LogP contribution in [0, 0.1) is 24.4 Å². The van der Waals surface area contributed by atoms with Crippen molar-refractivity contribution >= 4 is 5.95 Å². The molecule has 2 aromatic heterocycles. The van der Waals surface area contributed by atoms with E-state index in [9.17, 15) is 13.2 Å². The lowest BCUT2D eigenvalue weighted by Gasteiger charge is -2.54. The number of imidazole rings is 1. The Bertz CT molecular complexity index is 1210. The van der Waals surface area contributed by atoms with E-state index < -0.39 is 23.4 Å². The summed E-state index contributed by atoms with van der Waals surface area (Å²) in [6.07, 6.45) is 12.8. The molecule has 0 unspecified atom stereocenters. The highest BCUT2D eigenvalue weighted by Crippen LogP contribution is 2.52. The zero-order valence-electron chi connectivity index (χ0n) is 19.3. The molecule has 7 rings (SSSR count). The van der Waals surface area contributed by atoms with Gasteiger partial charge < -0.3 is 9.88 Å². The molecule has 1 atom stereocenters. The zero-order valence-corrected chi connectivity index (χ0v) is 19.3. The van der Waals surface area contributed by atoms with E-state index in [2.05, 4.69) is 21.1 Å². The topological polar surface area (TPSA) is 60.6 Å². The van der Waals surface area contributed by atoms with Crippen LogP contribution >= 0.6 is 0 Å². The SMILES string of the molecule is Cc1cn(C23CCC(Nc4nc5n(n4)CCCC[C@H]5c4ccc(F)c(F)c4F)(CC2)CC3)cn1. The van der Waals surface area contributed by atoms with Crippen LogP contribution in [0.5, 0.6) is 0 Å². The molecule has 180 valence electrons. The van der Waals surface area contributed by atoms with Crippen molar-refractivity contribution in [3.05, 3.63) is 59.2 Å². The minimum Gasteiger partial charge on any atom is -0.347 e. The van der Waals surface area contributed by atoms with Gasteiger partial charge in [-0.1, -0.05) is 12.5 Å². The Morgan fingerprint density at radius 2 is 1.76 bits per heavy atom. The van der Waals surface area contributed by atoms with E-state index in [1.54, 1.807) is 0 Å². The highest BCUT2D eigenvalue weighted by molar-refractivity contribution is 5.35. The van der Waals surface area contributed by atoms with Gasteiger partial charge in [-0.3, -0.25) is 0 Å². The first kappa shape index (κ1) is 21.7. The van der Waals surface area contributed by atoms with Crippen LogP contribution in [-0.4, -0.2) is 29.9 Å². The largest absolute Gasteiger partial charge is 0.347 e. The predicted octanol–water partition coefficient (Wildman–Crippen LogP) is 5.43. The minimum atomic E-state index is -1.42. The van der Waals surface area contributed by atoms with Crippen molar-refractivity contribution in [2.75, 3.05) is 5.32 Å². The van der Waals surface area contributed by atoms with Gasteiger partial charge in [0.1, 0.15) is 5.82 Å². The zero-order chi connectivity index (χ0) is 23.5. The van der Waals surface area contributed by atoms with Gasteiger partial charge in [0.15, 0.2) is 17.5 Å². The Morgan fingerprint density at radius 3 is 2.47 bits per heavy atom. The first-order chi connectivity index (χ1) is 16.4. The fourth-order valence-electron chi connectivity index (χ4n) is 6.33. The molecule has 0 amide bonds. The van der Waals surface area contributed by atoms with Gasteiger partial charge in [0, 0.05) is 35.3 Å². The van der Waals surface area contributed by atoms with Crippen LogP contribution in [0.4, 0.5) is 19.1 Å². The Hall–Kier alpha value is -2.84. The third-order valence-electron chi connectivity index (χ3n) is 8.41. The van der Waals surface area contributed by atoms with Crippen molar-refractivity contribution in [3.8, 4) is 0 Å². The van der Waals surface area contributed by atoms with Crippen LogP contribution in [-0.2, 0) is 12.1 Å². The van der Waals surface area contributed by atoms with Gasteiger partial charge in [0.2, 0.25) is 5.95 Å². The van der Waals surface area contributed by atoms with Crippen molar-refractivity contribution < 1.29 is 13.2 Å². The van der Waals surface area contributed by atoms with Crippen molar-refractivity contribution in [3.63, 3.8) is 0 Å². The van der Waals surface area contributed by atoms with Crippen molar-refractivity contribution in [1.29, 1.82) is 0 Å². The number of rotatable bonds is 4. The summed E-state index contributed by atoms with van der Waals surface area (Å²) in [5, 5.41) is 8.37. The minimum absolute atomic E-state index is 0.0479. The van der Waals surface area contributed by atoms with Gasteiger partial charge in [-0.05, 0) is 64.4 Å². The van der Waals surface area contributed by atoms with E-state index in [-0.39, 0.29) is 16.6 Å². The summed E-state index contributed by atoms with van der Waals surface area (Å²) in [5.41, 5.74) is 1.30. The van der Waals surface area contributed by atoms with Gasteiger partial charge in [0.25, 0.3) is 0 Å². The number of hydrogen-bond acceptors (Lipinski definition) is 4. The molecule has 1 aromatic carbocycles. The molecule has 34 heavy (non-hydrogen) atoms. The third-order valence-corrected chi connectivity index (χ3v) is 8.41. The number of nitrogens with zero attached hydrogens (tertiary/aromatic N) is 5. The van der Waals surface area contributed by atoms with E-state index in [4.69, 9.17) is 10.1 Å². The lowest BCUT2D eigenvalue weighted by molar-refractivity contribution is 0.0638. The van der Waals surface area contributed by atoms with Gasteiger partial charge in [-0.15, -0.1) is 5.10 Å². The molecule has 2 bridgehead atoms. The molecule has 3 aliphatic carbocycles. The summed E-state index contributed by atoms with van der Waals surface area (Å²) >= 11 is 0. The van der Waals surface area contributed by atoms with Crippen molar-refractivity contribution in [2.45, 2.75) is 88.3 Å². The van der Waals surface area contributed by atoms with Crippen LogP contribution < -0.4 is 5.32 Å². The maximum Gasteiger partial charge on any atom is 0.242 e. The summed E-state index contributed by atoms with van der Waals surface area (Å²) in [6, 6.07) is 2.34. The quantitative estimate of drug-likeness (QED) is 0.517. The molecular formula is C25H29F3N6. The van der Waals surface area contributed by atoms with E-state index in [0.717, 1.165) is 63.1 Å². The van der Waals surface area contributed by atoms with E-state index >= 15 is 0 Å². The van der Waals surface area contributed by atoms with Crippen molar-refractivity contribution in [1.82, 2.24) is 24.3 Å². The molecular weight excluding hydrogens is 441 g/mol. The van der Waals surface area contributed by atoms with Crippen molar-refractivity contribution in [2.24, 2.45) is 0 Å². The Kier molecular flexibility index (Phi) is 5.00. The maximum absolute atomic E-state index is 14.7. The molecule has 1 aliphatic heterocycles. The van der Waals surface area contributed by atoms with Gasteiger partial charge in [-0.25, -0.2) is 22.8 Å². The molecule has 0 spiro atoms. The predicted molar refractivity (Wildman–Crippen MR) is 121 cm³/mol. The lowest BCUT2D eigenvalue weighted by Crippen LogP contribution is -2.54. The van der Waals surface area contributed by atoms with Gasteiger partial charge in [-0.2, -0.15) is 4.98 Å². The number of halogens is 3. The maximum atomic E-state index is 14.7. The summed E-state index contributed by atoms with van der Waals surface area (Å²) in [4.78, 5) is 9.22. The average Bonchev–Trinajstić information content (AvgIpc) is 3.41. The number of hydrogen-bond donors (Lipinski definition) is 1. The molecule has 3 heterocycles. The summed E-state index contributed by atoms with van der Waals surface area (Å²) in [7, 11) is 0. The number of anilines is 1. The number of fused-ring (bicyclic) bond motifs is 4. The normalized spacial score (nSPS) is 28.5. The standard InChI is InChI=1S/C25H29F3N6/c1-16-14-33(15-29-16)25-10-7-24(8-11-25,9-12-25)31-23-30-22-18(4-2-3-13-34(22)32-23)17-5-6-19(26)21(28)20(17)27/h5-6,14-15,18H,2-4,7-13H2,1H3,(H,31,32)/t18-,24?,25?/m0/s1. The monoisotopic (exact) mass is 470 g/mol. The van der Waals surface area contributed by atoms with E-state index in [1.807, 2.05) is 17.9 Å². The summed E-state index contributed by atoms with van der Waals surface area (Å²) in [5.74, 6) is -3.00. The van der Waals surface area contributed by atoms with Crippen LogP contribution in [0.3, 0.4) is 0 Å². The van der Waals surface area contributed by atoms with Crippen LogP contribution in [0.1, 0.15) is 80.8 Å². The molecule has 0 radical (unpaired) electrons. The molecule has 6 nitrogen and oxygen atoms in total. The van der Waals surface area contributed by atoms with Gasteiger partial charge in [0.05, 0.1) is 12.0 Å².